The molecule has 0 bridgehead atoms. The Morgan fingerprint density at radius 3 is 2.69 bits per heavy atom. The Labute approximate surface area is 154 Å². The predicted molar refractivity (Wildman–Crippen MR) is 92.9 cm³/mol. The van der Waals surface area contributed by atoms with Gasteiger partial charge in [-0.25, -0.2) is 18.3 Å². The lowest BCUT2D eigenvalue weighted by atomic mass is 9.92. The van der Waals surface area contributed by atoms with E-state index in [0.29, 0.717) is 13.0 Å². The van der Waals surface area contributed by atoms with Gasteiger partial charge in [-0.1, -0.05) is 20.8 Å². The third-order valence-electron chi connectivity index (χ3n) is 3.50. The molecule has 0 fully saturated rings. The number of carbonyl (C=O) groups excluding carboxylic acids is 1. The molecule has 1 heterocycles. The highest BCUT2D eigenvalue weighted by molar-refractivity contribution is 5.87. The van der Waals surface area contributed by atoms with Crippen LogP contribution < -0.4 is 4.74 Å². The van der Waals surface area contributed by atoms with Crippen molar-refractivity contribution in [3.05, 3.63) is 47.2 Å². The van der Waals surface area contributed by atoms with Crippen LogP contribution >= 0.6 is 0 Å². The molecule has 0 saturated heterocycles. The Kier molecular flexibility index (Phi) is 5.42. The molecule has 142 valence electrons. The predicted octanol–water partition coefficient (Wildman–Crippen LogP) is 4.35. The molecular weight excluding hydrogens is 342 g/mol. The van der Waals surface area contributed by atoms with Gasteiger partial charge in [0.15, 0.2) is 5.69 Å². The van der Waals surface area contributed by atoms with Gasteiger partial charge in [0.05, 0.1) is 9.35 Å². The molecule has 0 unspecified atom stereocenters. The second kappa shape index (κ2) is 8.29. The van der Waals surface area contributed by atoms with Gasteiger partial charge in [-0.05, 0) is 37.0 Å². The lowest BCUT2D eigenvalue weighted by molar-refractivity contribution is 0.0518. The van der Waals surface area contributed by atoms with E-state index in [-0.39, 0.29) is 23.6 Å². The molecule has 2 aromatic rings. The number of rotatable bonds is 7. The third kappa shape index (κ3) is 5.54. The van der Waals surface area contributed by atoms with Crippen LogP contribution in [0.15, 0.2) is 24.3 Å². The van der Waals surface area contributed by atoms with Gasteiger partial charge >= 0.3 is 5.97 Å². The van der Waals surface area contributed by atoms with Crippen molar-refractivity contribution in [2.75, 3.05) is 6.61 Å². The van der Waals surface area contributed by atoms with Gasteiger partial charge in [0.1, 0.15) is 18.2 Å². The average molecular weight is 368 g/mol. The summed E-state index contributed by atoms with van der Waals surface area (Å²) >= 11 is 0. The highest BCUT2D eigenvalue weighted by atomic mass is 19.1. The first-order valence-electron chi connectivity index (χ1n) is 9.32. The zero-order valence-corrected chi connectivity index (χ0v) is 15.3. The zero-order valence-electron chi connectivity index (χ0n) is 17.3. The van der Waals surface area contributed by atoms with Gasteiger partial charge in [0, 0.05) is 18.2 Å². The number of esters is 1. The maximum absolute atomic E-state index is 14.0. The largest absolute Gasteiger partial charge is 0.473 e. The van der Waals surface area contributed by atoms with Crippen LogP contribution in [0.3, 0.4) is 0 Å². The van der Waals surface area contributed by atoms with Gasteiger partial charge < -0.3 is 9.47 Å². The number of benzene rings is 1. The molecule has 2 rings (SSSR count). The molecule has 5 nitrogen and oxygen atoms in total. The van der Waals surface area contributed by atoms with E-state index in [1.165, 1.54) is 10.7 Å². The van der Waals surface area contributed by atoms with E-state index in [1.807, 2.05) is 20.8 Å². The molecule has 1 aromatic heterocycles. The van der Waals surface area contributed by atoms with E-state index >= 15 is 0 Å². The van der Waals surface area contributed by atoms with Crippen molar-refractivity contribution in [1.29, 1.82) is 0 Å². The second-order valence-electron chi connectivity index (χ2n) is 6.95. The number of nitrogens with zero attached hydrogens (tertiary/aromatic N) is 2. The quantitative estimate of drug-likeness (QED) is 0.682. The van der Waals surface area contributed by atoms with E-state index < -0.39 is 29.7 Å². The van der Waals surface area contributed by atoms with Crippen molar-refractivity contribution in [3.8, 4) is 5.88 Å². The first kappa shape index (κ1) is 17.0. The van der Waals surface area contributed by atoms with Crippen LogP contribution in [-0.2, 0) is 17.8 Å². The summed E-state index contributed by atoms with van der Waals surface area (Å²) in [5.41, 5.74) is -0.698. The van der Waals surface area contributed by atoms with E-state index in [0.717, 1.165) is 18.2 Å². The normalized spacial score (nSPS) is 13.2. The minimum atomic E-state index is -2.68. The maximum Gasteiger partial charge on any atom is 0.358 e. The molecule has 0 atom stereocenters. The first-order valence-corrected chi connectivity index (χ1v) is 8.32. The number of halogens is 2. The smallest absolute Gasteiger partial charge is 0.358 e. The zero-order chi connectivity index (χ0) is 21.1. The van der Waals surface area contributed by atoms with E-state index in [9.17, 15) is 13.6 Å². The van der Waals surface area contributed by atoms with Gasteiger partial charge in [-0.2, -0.15) is 5.10 Å². The van der Waals surface area contributed by atoms with E-state index in [4.69, 9.17) is 12.2 Å². The molecule has 0 aliphatic heterocycles. The number of ether oxygens (including phenoxy) is 2. The van der Waals surface area contributed by atoms with Gasteiger partial charge in [-0.15, -0.1) is 0 Å². The summed E-state index contributed by atoms with van der Waals surface area (Å²) < 4.78 is 55.2. The van der Waals surface area contributed by atoms with Crippen LogP contribution in [-0.4, -0.2) is 22.4 Å². The summed E-state index contributed by atoms with van der Waals surface area (Å²) in [6, 6.07) is 3.68. The van der Waals surface area contributed by atoms with Crippen molar-refractivity contribution < 1.29 is 25.8 Å². The van der Waals surface area contributed by atoms with Gasteiger partial charge in [0.25, 0.3) is 0 Å². The van der Waals surface area contributed by atoms with Crippen molar-refractivity contribution in [1.82, 2.24) is 9.78 Å². The molecule has 0 spiro atoms. The highest BCUT2D eigenvalue weighted by Crippen LogP contribution is 2.23. The Hall–Kier alpha value is -2.44. The monoisotopic (exact) mass is 368 g/mol. The molecule has 0 radical (unpaired) electrons. The van der Waals surface area contributed by atoms with Crippen molar-refractivity contribution in [2.45, 2.75) is 47.2 Å². The summed E-state index contributed by atoms with van der Waals surface area (Å²) in [5.74, 6) is -2.50. The maximum atomic E-state index is 14.0. The second-order valence-corrected chi connectivity index (χ2v) is 6.95. The minimum absolute atomic E-state index is 0.0544. The minimum Gasteiger partial charge on any atom is -0.473 e. The molecular formula is C19H24F2N2O3. The fourth-order valence-corrected chi connectivity index (χ4v) is 2.07. The Morgan fingerprint density at radius 1 is 1.31 bits per heavy atom. The summed E-state index contributed by atoms with van der Waals surface area (Å²) in [5, 5.41) is 4.13. The van der Waals surface area contributed by atoms with Crippen molar-refractivity contribution in [3.63, 3.8) is 0 Å². The number of carbonyl (C=O) groups is 1. The Morgan fingerprint density at radius 2 is 2.04 bits per heavy atom. The molecule has 0 saturated carbocycles. The molecule has 1 aromatic carbocycles. The Bertz CT molecular complexity index is 848. The molecule has 26 heavy (non-hydrogen) atoms. The SMILES string of the molecule is [2H]C([2H])(Oc1cc(C(=O)OCC)nn1CCC(C)(C)C)c1cc(F)ccc1F. The van der Waals surface area contributed by atoms with Crippen LogP contribution in [0.1, 0.15) is 52.9 Å². The molecule has 0 amide bonds. The molecule has 0 aliphatic carbocycles. The average Bonchev–Trinajstić information content (AvgIpc) is 2.97. The number of aromatic nitrogens is 2. The van der Waals surface area contributed by atoms with Crippen molar-refractivity contribution in [2.24, 2.45) is 5.41 Å². The summed E-state index contributed by atoms with van der Waals surface area (Å²) in [7, 11) is 0. The van der Waals surface area contributed by atoms with E-state index in [1.54, 1.807) is 6.92 Å². The van der Waals surface area contributed by atoms with Crippen LogP contribution in [0, 0.1) is 17.0 Å². The third-order valence-corrected chi connectivity index (χ3v) is 3.50. The fourth-order valence-electron chi connectivity index (χ4n) is 2.07. The topological polar surface area (TPSA) is 53.4 Å². The summed E-state index contributed by atoms with van der Waals surface area (Å²) in [6.45, 7) is 5.51. The fraction of sp³-hybridized carbons (Fsp3) is 0.474. The lowest BCUT2D eigenvalue weighted by Crippen LogP contribution is -2.13. The Balaban J connectivity index is 2.38. The van der Waals surface area contributed by atoms with E-state index in [2.05, 4.69) is 5.10 Å². The number of aryl methyl sites for hydroxylation is 1. The van der Waals surface area contributed by atoms with Crippen LogP contribution in [0.4, 0.5) is 8.78 Å². The van der Waals surface area contributed by atoms with Crippen LogP contribution in [0.5, 0.6) is 5.88 Å². The van der Waals surface area contributed by atoms with Gasteiger partial charge in [0.2, 0.25) is 5.88 Å². The lowest BCUT2D eigenvalue weighted by Gasteiger charge is -2.18. The standard InChI is InChI=1S/C19H24F2N2O3/c1-5-25-18(24)16-11-17(23(22-16)9-8-19(2,3)4)26-12-13-10-14(20)6-7-15(13)21/h6-7,10-11H,5,8-9,12H2,1-4H3/i12D2. The summed E-state index contributed by atoms with van der Waals surface area (Å²) in [4.78, 5) is 12.0. The highest BCUT2D eigenvalue weighted by Gasteiger charge is 2.19. The van der Waals surface area contributed by atoms with Crippen LogP contribution in [0.2, 0.25) is 0 Å². The van der Waals surface area contributed by atoms with Crippen LogP contribution in [0.25, 0.3) is 0 Å². The summed E-state index contributed by atoms with van der Waals surface area (Å²) in [6.07, 6.45) is 0.657. The number of hydrogen-bond acceptors (Lipinski definition) is 4. The number of hydrogen-bond donors (Lipinski definition) is 0. The molecule has 0 N–H and O–H groups in total. The molecule has 7 heteroatoms. The van der Waals surface area contributed by atoms with Crippen molar-refractivity contribution >= 4 is 5.97 Å². The first-order chi connectivity index (χ1) is 12.9. The molecule has 0 aliphatic rings. The van der Waals surface area contributed by atoms with Gasteiger partial charge in [-0.3, -0.25) is 0 Å².